The standard InChI is InChI=1S/C15H18Cl2N2O2/c1-9-5-2-3-7-11(9)18-14(20)15(21)19-12-8-4-6-10(16)13(12)17/h4,6,8-9,11H,2-3,5,7H2,1H3,(H,18,20)(H,19,21)/t9-,11-/m0/s1. The van der Waals surface area contributed by atoms with Gasteiger partial charge in [0.2, 0.25) is 0 Å². The SMILES string of the molecule is C[C@H]1CCCC[C@@H]1NC(=O)C(=O)Nc1cccc(Cl)c1Cl. The summed E-state index contributed by atoms with van der Waals surface area (Å²) in [4.78, 5) is 23.9. The number of carbonyl (C=O) groups is 2. The Morgan fingerprint density at radius 1 is 1.14 bits per heavy atom. The third-order valence-electron chi connectivity index (χ3n) is 3.83. The van der Waals surface area contributed by atoms with E-state index in [0.717, 1.165) is 19.3 Å². The molecule has 0 unspecified atom stereocenters. The van der Waals surface area contributed by atoms with E-state index in [1.54, 1.807) is 18.2 Å². The van der Waals surface area contributed by atoms with Crippen molar-refractivity contribution in [1.29, 1.82) is 0 Å². The van der Waals surface area contributed by atoms with Crippen LogP contribution in [0.1, 0.15) is 32.6 Å². The van der Waals surface area contributed by atoms with Gasteiger partial charge in [-0.25, -0.2) is 0 Å². The van der Waals surface area contributed by atoms with Crippen LogP contribution in [0.4, 0.5) is 5.69 Å². The van der Waals surface area contributed by atoms with Crippen LogP contribution in [-0.4, -0.2) is 17.9 Å². The van der Waals surface area contributed by atoms with E-state index in [1.165, 1.54) is 6.42 Å². The lowest BCUT2D eigenvalue weighted by Crippen LogP contribution is -2.45. The first-order valence-corrected chi connectivity index (χ1v) is 7.80. The van der Waals surface area contributed by atoms with Gasteiger partial charge in [-0.05, 0) is 30.9 Å². The van der Waals surface area contributed by atoms with Crippen molar-refractivity contribution >= 4 is 40.7 Å². The largest absolute Gasteiger partial charge is 0.345 e. The lowest BCUT2D eigenvalue weighted by molar-refractivity contribution is -0.137. The molecule has 1 saturated carbocycles. The molecule has 1 aromatic rings. The van der Waals surface area contributed by atoms with Crippen LogP contribution in [0.5, 0.6) is 0 Å². The number of halogens is 2. The van der Waals surface area contributed by atoms with Gasteiger partial charge in [0, 0.05) is 6.04 Å². The van der Waals surface area contributed by atoms with Crippen molar-refractivity contribution in [1.82, 2.24) is 5.32 Å². The molecule has 2 N–H and O–H groups in total. The average Bonchev–Trinajstić information content (AvgIpc) is 2.46. The molecule has 6 heteroatoms. The zero-order valence-electron chi connectivity index (χ0n) is 11.8. The van der Waals surface area contributed by atoms with Crippen molar-refractivity contribution in [2.24, 2.45) is 5.92 Å². The highest BCUT2D eigenvalue weighted by molar-refractivity contribution is 6.45. The molecule has 0 saturated heterocycles. The topological polar surface area (TPSA) is 58.2 Å². The summed E-state index contributed by atoms with van der Waals surface area (Å²) in [6, 6.07) is 4.93. The monoisotopic (exact) mass is 328 g/mol. The van der Waals surface area contributed by atoms with Crippen molar-refractivity contribution in [3.63, 3.8) is 0 Å². The van der Waals surface area contributed by atoms with E-state index in [1.807, 2.05) is 0 Å². The molecule has 2 rings (SSSR count). The van der Waals surface area contributed by atoms with E-state index in [-0.39, 0.29) is 11.1 Å². The summed E-state index contributed by atoms with van der Waals surface area (Å²) in [7, 11) is 0. The minimum Gasteiger partial charge on any atom is -0.345 e. The Morgan fingerprint density at radius 3 is 2.57 bits per heavy atom. The lowest BCUT2D eigenvalue weighted by atomic mass is 9.86. The van der Waals surface area contributed by atoms with Gasteiger partial charge in [-0.1, -0.05) is 49.0 Å². The number of anilines is 1. The minimum absolute atomic E-state index is 0.0619. The van der Waals surface area contributed by atoms with Crippen molar-refractivity contribution in [3.8, 4) is 0 Å². The number of amides is 2. The van der Waals surface area contributed by atoms with Gasteiger partial charge in [-0.2, -0.15) is 0 Å². The second kappa shape index (κ2) is 7.14. The van der Waals surface area contributed by atoms with Crippen LogP contribution < -0.4 is 10.6 Å². The Morgan fingerprint density at radius 2 is 1.86 bits per heavy atom. The summed E-state index contributed by atoms with van der Waals surface area (Å²) in [6.45, 7) is 2.09. The highest BCUT2D eigenvalue weighted by atomic mass is 35.5. The van der Waals surface area contributed by atoms with E-state index >= 15 is 0 Å². The Kier molecular flexibility index (Phi) is 5.48. The first kappa shape index (κ1) is 16.1. The molecule has 114 valence electrons. The predicted octanol–water partition coefficient (Wildman–Crippen LogP) is 3.63. The van der Waals surface area contributed by atoms with Crippen LogP contribution in [0.2, 0.25) is 10.0 Å². The van der Waals surface area contributed by atoms with Gasteiger partial charge < -0.3 is 10.6 Å². The molecule has 0 aliphatic heterocycles. The van der Waals surface area contributed by atoms with E-state index in [4.69, 9.17) is 23.2 Å². The molecule has 1 fully saturated rings. The summed E-state index contributed by atoms with van der Waals surface area (Å²) in [5.74, 6) is -0.966. The molecule has 0 bridgehead atoms. The fourth-order valence-corrected chi connectivity index (χ4v) is 2.89. The third kappa shape index (κ3) is 4.11. The van der Waals surface area contributed by atoms with Gasteiger partial charge in [0.25, 0.3) is 0 Å². The molecular formula is C15H18Cl2N2O2. The van der Waals surface area contributed by atoms with Gasteiger partial charge in [-0.3, -0.25) is 9.59 Å². The summed E-state index contributed by atoms with van der Waals surface area (Å²) in [5.41, 5.74) is 0.334. The van der Waals surface area contributed by atoms with E-state index < -0.39 is 11.8 Å². The van der Waals surface area contributed by atoms with Gasteiger partial charge in [0.05, 0.1) is 15.7 Å². The lowest BCUT2D eigenvalue weighted by Gasteiger charge is -2.29. The molecule has 1 aliphatic carbocycles. The first-order valence-electron chi connectivity index (χ1n) is 7.05. The molecule has 1 aromatic carbocycles. The molecule has 1 aliphatic rings. The molecule has 2 atom stereocenters. The molecule has 4 nitrogen and oxygen atoms in total. The van der Waals surface area contributed by atoms with E-state index in [0.29, 0.717) is 16.6 Å². The number of benzene rings is 1. The summed E-state index contributed by atoms with van der Waals surface area (Å²) < 4.78 is 0. The number of hydrogen-bond donors (Lipinski definition) is 2. The zero-order chi connectivity index (χ0) is 15.4. The van der Waals surface area contributed by atoms with E-state index in [2.05, 4.69) is 17.6 Å². The smallest absolute Gasteiger partial charge is 0.313 e. The molecular weight excluding hydrogens is 311 g/mol. The van der Waals surface area contributed by atoms with Crippen molar-refractivity contribution in [3.05, 3.63) is 28.2 Å². The van der Waals surface area contributed by atoms with Crippen LogP contribution in [-0.2, 0) is 9.59 Å². The first-order chi connectivity index (χ1) is 9.99. The fraction of sp³-hybridized carbons (Fsp3) is 0.467. The zero-order valence-corrected chi connectivity index (χ0v) is 13.3. The van der Waals surface area contributed by atoms with Crippen LogP contribution in [0.15, 0.2) is 18.2 Å². The highest BCUT2D eigenvalue weighted by Crippen LogP contribution is 2.29. The van der Waals surface area contributed by atoms with Crippen molar-refractivity contribution < 1.29 is 9.59 Å². The van der Waals surface area contributed by atoms with Crippen LogP contribution in [0.3, 0.4) is 0 Å². The molecule has 0 aromatic heterocycles. The average molecular weight is 329 g/mol. The van der Waals surface area contributed by atoms with Crippen molar-refractivity contribution in [2.45, 2.75) is 38.6 Å². The van der Waals surface area contributed by atoms with Crippen LogP contribution in [0.25, 0.3) is 0 Å². The molecule has 0 heterocycles. The number of carbonyl (C=O) groups excluding carboxylic acids is 2. The normalized spacial score (nSPS) is 21.7. The maximum atomic E-state index is 12.0. The summed E-state index contributed by atoms with van der Waals surface area (Å²) >= 11 is 11.8. The summed E-state index contributed by atoms with van der Waals surface area (Å²) in [5, 5.41) is 5.84. The third-order valence-corrected chi connectivity index (χ3v) is 4.65. The maximum absolute atomic E-state index is 12.0. The van der Waals surface area contributed by atoms with Gasteiger partial charge in [0.15, 0.2) is 0 Å². The fourth-order valence-electron chi connectivity index (χ4n) is 2.54. The van der Waals surface area contributed by atoms with Crippen molar-refractivity contribution in [2.75, 3.05) is 5.32 Å². The maximum Gasteiger partial charge on any atom is 0.313 e. The quantitative estimate of drug-likeness (QED) is 0.814. The van der Waals surface area contributed by atoms with Gasteiger partial charge >= 0.3 is 11.8 Å². The number of hydrogen-bond acceptors (Lipinski definition) is 2. The molecule has 21 heavy (non-hydrogen) atoms. The molecule has 0 spiro atoms. The Bertz CT molecular complexity index is 548. The summed E-state index contributed by atoms with van der Waals surface area (Å²) in [6.07, 6.45) is 4.25. The molecule has 2 amide bonds. The van der Waals surface area contributed by atoms with Gasteiger partial charge in [-0.15, -0.1) is 0 Å². The predicted molar refractivity (Wildman–Crippen MR) is 84.7 cm³/mol. The molecule has 0 radical (unpaired) electrons. The number of nitrogens with one attached hydrogen (secondary N) is 2. The van der Waals surface area contributed by atoms with Crippen LogP contribution >= 0.6 is 23.2 Å². The minimum atomic E-state index is -0.725. The number of rotatable bonds is 2. The second-order valence-electron chi connectivity index (χ2n) is 5.40. The second-order valence-corrected chi connectivity index (χ2v) is 6.18. The Labute approximate surface area is 134 Å². The van der Waals surface area contributed by atoms with Gasteiger partial charge in [0.1, 0.15) is 0 Å². The van der Waals surface area contributed by atoms with Crippen LogP contribution in [0, 0.1) is 5.92 Å². The Hall–Kier alpha value is -1.26. The highest BCUT2D eigenvalue weighted by Gasteiger charge is 2.25. The Balaban J connectivity index is 1.96. The van der Waals surface area contributed by atoms with E-state index in [9.17, 15) is 9.59 Å².